The summed E-state index contributed by atoms with van der Waals surface area (Å²) >= 11 is 37.6. The Labute approximate surface area is 743 Å². The third-order valence-corrected chi connectivity index (χ3v) is 27.6. The molecule has 0 bridgehead atoms. The van der Waals surface area contributed by atoms with Gasteiger partial charge in [-0.15, -0.1) is 35.3 Å². The number of ether oxygens (including phenoxy) is 3. The van der Waals surface area contributed by atoms with Gasteiger partial charge in [0, 0.05) is 172 Å². The van der Waals surface area contributed by atoms with Crippen LogP contribution in [0.1, 0.15) is 68.2 Å². The summed E-state index contributed by atoms with van der Waals surface area (Å²) in [6, 6.07) is 17.2. The molecule has 3 aromatic heterocycles. The molecule has 3 saturated heterocycles. The fourth-order valence-electron chi connectivity index (χ4n) is 17.2. The molecule has 9 atom stereocenters. The fourth-order valence-corrected chi connectivity index (χ4v) is 22.5. The van der Waals surface area contributed by atoms with Crippen LogP contribution in [0.2, 0.25) is 25.1 Å². The van der Waals surface area contributed by atoms with Crippen LogP contribution in [0.15, 0.2) is 140 Å². The predicted octanol–water partition coefficient (Wildman–Crippen LogP) is 16.7. The maximum absolute atomic E-state index is 15.2. The second-order valence-electron chi connectivity index (χ2n) is 31.6. The second-order valence-corrected chi connectivity index (χ2v) is 36.7. The summed E-state index contributed by atoms with van der Waals surface area (Å²) in [5.74, 6) is 0.261. The number of hydrogen-bond donors (Lipinski definition) is 0. The van der Waals surface area contributed by atoms with E-state index in [0.29, 0.717) is 155 Å². The minimum Gasteiger partial charge on any atom is -0.375 e. The summed E-state index contributed by atoms with van der Waals surface area (Å²) < 4.78 is 80.5. The summed E-state index contributed by atoms with van der Waals surface area (Å²) in [7, 11) is 3.98. The number of likely N-dealkylation sites (N-methyl/N-ethyl adjacent to an activating group) is 1. The lowest BCUT2D eigenvalue weighted by atomic mass is 10.0. The van der Waals surface area contributed by atoms with Crippen LogP contribution in [-0.4, -0.2) is 218 Å². The average molecular weight is 1830 g/mol. The van der Waals surface area contributed by atoms with Crippen LogP contribution in [0.25, 0.3) is 66.1 Å². The van der Waals surface area contributed by atoms with Crippen molar-refractivity contribution in [2.45, 2.75) is 157 Å². The van der Waals surface area contributed by atoms with Crippen molar-refractivity contribution in [3.05, 3.63) is 191 Å². The molecule has 34 heteroatoms. The molecule has 0 saturated carbocycles. The van der Waals surface area contributed by atoms with Gasteiger partial charge in [0.2, 0.25) is 17.7 Å². The summed E-state index contributed by atoms with van der Waals surface area (Å²) in [6.07, 6.45) is 4.91. The molecule has 122 heavy (non-hydrogen) atoms. The normalized spacial score (nSPS) is 20.9. The highest BCUT2D eigenvalue weighted by Gasteiger charge is 2.40. The zero-order valence-corrected chi connectivity index (χ0v) is 75.5. The largest absolute Gasteiger partial charge is 0.375 e. The number of amides is 3. The van der Waals surface area contributed by atoms with E-state index in [4.69, 9.17) is 72.2 Å². The number of carbonyl (C=O) groups excluding carboxylic acids is 3. The first kappa shape index (κ1) is 91.5. The van der Waals surface area contributed by atoms with Crippen molar-refractivity contribution in [1.82, 2.24) is 48.3 Å². The molecule has 0 N–H and O–H groups in total. The van der Waals surface area contributed by atoms with Gasteiger partial charge in [-0.1, -0.05) is 110 Å². The Hall–Kier alpha value is -8.17. The van der Waals surface area contributed by atoms with E-state index >= 15 is 4.39 Å². The van der Waals surface area contributed by atoms with Gasteiger partial charge in [-0.05, 0) is 146 Å². The zero-order chi connectivity index (χ0) is 87.7. The molecule has 9 aromatic rings. The summed E-state index contributed by atoms with van der Waals surface area (Å²) in [4.78, 5) is 108. The zero-order valence-electron chi connectivity index (χ0n) is 69.3. The van der Waals surface area contributed by atoms with Gasteiger partial charge in [-0.2, -0.15) is 15.0 Å². The molecule has 3 unspecified atom stereocenters. The Balaban J connectivity index is 0.000000158. The summed E-state index contributed by atoms with van der Waals surface area (Å²) in [5.41, 5.74) is 4.02. The molecule has 0 aliphatic carbocycles. The van der Waals surface area contributed by atoms with Crippen LogP contribution < -0.4 is 31.8 Å². The minimum absolute atomic E-state index is 0.00799. The third-order valence-electron chi connectivity index (χ3n) is 22.4. The van der Waals surface area contributed by atoms with Gasteiger partial charge >= 0.3 is 17.1 Å². The number of anilines is 3. The molecule has 6 aliphatic rings. The van der Waals surface area contributed by atoms with Crippen molar-refractivity contribution < 1.29 is 46.2 Å². The number of carbonyl (C=O) groups is 3. The Morgan fingerprint density at radius 2 is 0.779 bits per heavy atom. The monoisotopic (exact) mass is 1830 g/mol. The highest BCUT2D eigenvalue weighted by atomic mass is 35.5. The van der Waals surface area contributed by atoms with E-state index < -0.39 is 23.1 Å². The first-order valence-electron chi connectivity index (χ1n) is 40.4. The summed E-state index contributed by atoms with van der Waals surface area (Å²) in [5, 5.41) is 3.02. The molecule has 9 heterocycles. The lowest BCUT2D eigenvalue weighted by Crippen LogP contribution is -2.58. The smallest absolute Gasteiger partial charge is 0.350 e. The van der Waals surface area contributed by atoms with E-state index in [1.54, 1.807) is 77.4 Å². The van der Waals surface area contributed by atoms with Crippen molar-refractivity contribution >= 4 is 161 Å². The quantitative estimate of drug-likeness (QED) is 0.0419. The van der Waals surface area contributed by atoms with Crippen LogP contribution in [0, 0.1) is 23.3 Å². The number of hydrogen-bond acceptors (Lipinski definition) is 19. The average Bonchev–Trinajstić information content (AvgIpc) is 1.21. The van der Waals surface area contributed by atoms with Gasteiger partial charge in [0.15, 0.2) is 0 Å². The molecule has 3 fully saturated rings. The molecule has 3 amide bonds. The van der Waals surface area contributed by atoms with Gasteiger partial charge in [0.25, 0.3) is 0 Å². The van der Waals surface area contributed by atoms with Crippen molar-refractivity contribution in [3.63, 3.8) is 0 Å². The third kappa shape index (κ3) is 18.9. The van der Waals surface area contributed by atoms with Gasteiger partial charge in [0.05, 0.1) is 86.2 Å². The van der Waals surface area contributed by atoms with E-state index in [1.807, 2.05) is 91.4 Å². The predicted molar refractivity (Wildman–Crippen MR) is 484 cm³/mol. The van der Waals surface area contributed by atoms with Crippen molar-refractivity contribution in [2.75, 3.05) is 112 Å². The molecule has 15 rings (SSSR count). The van der Waals surface area contributed by atoms with E-state index in [0.717, 1.165) is 62.7 Å². The number of halogens is 9. The van der Waals surface area contributed by atoms with E-state index in [9.17, 15) is 41.9 Å². The van der Waals surface area contributed by atoms with Crippen LogP contribution in [0.3, 0.4) is 0 Å². The second kappa shape index (κ2) is 39.2. The lowest BCUT2D eigenvalue weighted by molar-refractivity contribution is -0.131. The Bertz CT molecular complexity index is 5740. The highest BCUT2D eigenvalue weighted by Crippen LogP contribution is 2.51. The van der Waals surface area contributed by atoms with Crippen LogP contribution in [0.4, 0.5) is 35.0 Å². The van der Waals surface area contributed by atoms with Crippen LogP contribution in [-0.2, 0) is 48.2 Å². The maximum atomic E-state index is 15.2. The molecule has 648 valence electrons. The lowest BCUT2D eigenvalue weighted by Gasteiger charge is -2.44. The van der Waals surface area contributed by atoms with Gasteiger partial charge in [0.1, 0.15) is 40.7 Å². The summed E-state index contributed by atoms with van der Waals surface area (Å²) in [6.45, 7) is 33.0. The van der Waals surface area contributed by atoms with Gasteiger partial charge < -0.3 is 48.5 Å². The molecule has 6 aromatic carbocycles. The van der Waals surface area contributed by atoms with Crippen LogP contribution >= 0.6 is 93.3 Å². The standard InChI is InChI=1S/C30H35ClFN5O3S.C29H30Cl2F2N4O3S.C29H31Cl2FN4O3S/c1-6-25(38)37-18(2)14-35(15-19(37)3)29-23-13-24(31)26(20-7-9-21(32)10-8-20)28-27(23)36(30(39)33-29)16-22(17-41-28)40-12-11-34(4)5;1-5-7-40-17-13-36-26-19(28(34-29(36)39)35-11-15(3)37(16(4)12-35)24(38)6-2)9-21(31)25(27(26)41-14-17)18-8-20(30)23(33)10-22(18)32;1-5-9-39-19-14-35-26-20(11-22(31)25(27(26)40-15-19)18-7-8-23(32)21(30)10-18)28(33-29(35)38)34-12-16(3)36(17(4)13-34)24(37)6-2/h6-10,13,18-19,22H,1,11-12,14-17H2,2-5H3;6,8-10,15-17H,2,5,7,11-14H2,1,3-4H3;6-8,10-11,16-17,19H,2,5,9,12-15H2,1,3-4H3/t18-,19+,22?;15-,16+,17?;16-,17+,19?. The van der Waals surface area contributed by atoms with Crippen molar-refractivity contribution in [2.24, 2.45) is 0 Å². The molecular formula is C88H96Cl5F4N13O9S3. The van der Waals surface area contributed by atoms with E-state index in [2.05, 4.69) is 49.4 Å². The Morgan fingerprint density at radius 3 is 1.13 bits per heavy atom. The molecule has 6 aliphatic heterocycles. The Morgan fingerprint density at radius 1 is 0.443 bits per heavy atom. The highest BCUT2D eigenvalue weighted by molar-refractivity contribution is 8.00. The number of thioether (sulfide) groups is 3. The Kier molecular flexibility index (Phi) is 29.4. The molecular weight excluding hydrogens is 1730 g/mol. The number of benzene rings is 6. The number of piperazine rings is 3. The topological polar surface area (TPSA) is 206 Å². The maximum Gasteiger partial charge on any atom is 0.350 e. The number of aromatic nitrogens is 6. The van der Waals surface area contributed by atoms with Crippen molar-refractivity contribution in [3.8, 4) is 33.4 Å². The SMILES string of the molecule is C=CC(=O)N1[C@H](C)CN(c2nc(=O)n3c4c(c(-c5cc(Cl)c(F)cc5F)c(Cl)cc24)SCC(OCCC)C3)C[C@@H]1C.C=CC(=O)N1[C@H](C)CN(c2nc(=O)n3c4c(c(-c5ccc(F)c(Cl)c5)c(Cl)cc24)SCC(OCCC)C3)C[C@@H]1C.C=CC(=O)N1[C@H](C)CN(c2nc(=O)n3c4c(c(-c5ccc(F)cc5)c(Cl)cc24)SCC(OCCN(C)C)C3)C[C@@H]1C. The molecule has 22 nitrogen and oxygen atoms in total. The minimum atomic E-state index is -0.878. The first-order chi connectivity index (χ1) is 58.3. The van der Waals surface area contributed by atoms with Gasteiger partial charge in [-0.25, -0.2) is 31.9 Å². The molecule has 0 spiro atoms. The number of nitrogens with zero attached hydrogens (tertiary/aromatic N) is 13. The van der Waals surface area contributed by atoms with E-state index in [-0.39, 0.29) is 117 Å². The van der Waals surface area contributed by atoms with Crippen molar-refractivity contribution in [1.29, 1.82) is 0 Å². The fraction of sp³-hybridized carbons (Fsp3) is 0.420. The number of rotatable bonds is 19. The first-order valence-corrected chi connectivity index (χ1v) is 45.3. The van der Waals surface area contributed by atoms with E-state index in [1.165, 1.54) is 54.3 Å². The van der Waals surface area contributed by atoms with Gasteiger partial charge in [-0.3, -0.25) is 28.1 Å². The van der Waals surface area contributed by atoms with Crippen LogP contribution in [0.5, 0.6) is 0 Å². The molecule has 0 radical (unpaired) electrons.